The number of carbonyl (C=O) groups excluding carboxylic acids is 1. The van der Waals surface area contributed by atoms with Crippen LogP contribution in [0.15, 0.2) is 22.6 Å². The number of aromatic nitrogens is 2. The first-order valence-electron chi connectivity index (χ1n) is 5.12. The molecule has 0 atom stereocenters. The number of aryl methyl sites for hydroxylation is 2. The minimum Gasteiger partial charge on any atom is -0.475 e. The minimum atomic E-state index is -1.22. The fourth-order valence-corrected chi connectivity index (χ4v) is 1.48. The van der Waals surface area contributed by atoms with Crippen LogP contribution in [0.2, 0.25) is 0 Å². The summed E-state index contributed by atoms with van der Waals surface area (Å²) in [4.78, 5) is 22.4. The zero-order valence-corrected chi connectivity index (χ0v) is 9.80. The zero-order valence-electron chi connectivity index (χ0n) is 9.80. The zero-order chi connectivity index (χ0) is 13.3. The Bertz CT molecular complexity index is 612. The van der Waals surface area contributed by atoms with Gasteiger partial charge in [-0.3, -0.25) is 9.48 Å². The summed E-state index contributed by atoms with van der Waals surface area (Å²) in [6.45, 7) is 1.80. The monoisotopic (exact) mass is 249 g/mol. The molecule has 2 heterocycles. The number of carboxylic acids is 1. The van der Waals surface area contributed by atoms with Crippen LogP contribution >= 0.6 is 0 Å². The van der Waals surface area contributed by atoms with E-state index >= 15 is 0 Å². The highest BCUT2D eigenvalue weighted by Gasteiger charge is 2.16. The Hall–Kier alpha value is -2.57. The lowest BCUT2D eigenvalue weighted by Gasteiger charge is -2.02. The molecule has 0 spiro atoms. The maximum absolute atomic E-state index is 11.8. The number of nitrogens with zero attached hydrogens (tertiary/aromatic N) is 2. The van der Waals surface area contributed by atoms with Gasteiger partial charge in [-0.25, -0.2) is 4.79 Å². The Morgan fingerprint density at radius 1 is 1.39 bits per heavy atom. The fourth-order valence-electron chi connectivity index (χ4n) is 1.48. The van der Waals surface area contributed by atoms with E-state index in [0.29, 0.717) is 5.82 Å². The molecule has 0 radical (unpaired) electrons. The van der Waals surface area contributed by atoms with E-state index in [1.54, 1.807) is 20.0 Å². The van der Waals surface area contributed by atoms with Gasteiger partial charge in [-0.2, -0.15) is 5.10 Å². The Labute approximate surface area is 102 Å². The van der Waals surface area contributed by atoms with Crippen molar-refractivity contribution in [1.82, 2.24) is 9.78 Å². The third kappa shape index (κ3) is 2.24. The Morgan fingerprint density at radius 2 is 2.06 bits per heavy atom. The van der Waals surface area contributed by atoms with Crippen molar-refractivity contribution in [2.24, 2.45) is 7.05 Å². The van der Waals surface area contributed by atoms with Gasteiger partial charge in [0.1, 0.15) is 5.82 Å². The number of hydrogen-bond acceptors (Lipinski definition) is 4. The predicted molar refractivity (Wildman–Crippen MR) is 61.6 cm³/mol. The van der Waals surface area contributed by atoms with Crippen molar-refractivity contribution in [3.63, 3.8) is 0 Å². The molecule has 0 saturated heterocycles. The van der Waals surface area contributed by atoms with E-state index in [1.165, 1.54) is 16.8 Å². The maximum atomic E-state index is 11.8. The third-order valence-corrected chi connectivity index (χ3v) is 2.28. The largest absolute Gasteiger partial charge is 0.475 e. The van der Waals surface area contributed by atoms with Crippen LogP contribution < -0.4 is 5.32 Å². The molecule has 2 N–H and O–H groups in total. The quantitative estimate of drug-likeness (QED) is 0.853. The van der Waals surface area contributed by atoms with Gasteiger partial charge in [-0.05, 0) is 19.1 Å². The average Bonchev–Trinajstić information content (AvgIpc) is 2.86. The maximum Gasteiger partial charge on any atom is 0.371 e. The molecule has 0 aromatic carbocycles. The molecule has 0 saturated carbocycles. The second kappa shape index (κ2) is 4.36. The number of aromatic carboxylic acids is 1. The van der Waals surface area contributed by atoms with E-state index in [2.05, 4.69) is 10.4 Å². The van der Waals surface area contributed by atoms with Gasteiger partial charge >= 0.3 is 5.97 Å². The lowest BCUT2D eigenvalue weighted by molar-refractivity contribution is 0.0660. The number of amides is 1. The summed E-state index contributed by atoms with van der Waals surface area (Å²) >= 11 is 0. The second-order valence-corrected chi connectivity index (χ2v) is 3.72. The van der Waals surface area contributed by atoms with Crippen LogP contribution in [0.25, 0.3) is 0 Å². The number of anilines is 1. The molecule has 0 aliphatic heterocycles. The van der Waals surface area contributed by atoms with Crippen LogP contribution in [-0.2, 0) is 7.05 Å². The molecule has 0 fully saturated rings. The first kappa shape index (κ1) is 11.9. The van der Waals surface area contributed by atoms with Crippen LogP contribution in [0, 0.1) is 6.92 Å². The Kier molecular flexibility index (Phi) is 2.88. The van der Waals surface area contributed by atoms with Crippen molar-refractivity contribution in [2.75, 3.05) is 5.32 Å². The van der Waals surface area contributed by atoms with Gasteiger partial charge in [-0.1, -0.05) is 0 Å². The van der Waals surface area contributed by atoms with E-state index in [1.807, 2.05) is 0 Å². The molecule has 0 aliphatic rings. The summed E-state index contributed by atoms with van der Waals surface area (Å²) in [5, 5.41) is 15.3. The summed E-state index contributed by atoms with van der Waals surface area (Å²) < 4.78 is 6.39. The number of carboxylic acid groups (broad SMARTS) is 1. The molecule has 7 heteroatoms. The van der Waals surface area contributed by atoms with Crippen molar-refractivity contribution in [3.8, 4) is 0 Å². The van der Waals surface area contributed by atoms with Crippen molar-refractivity contribution < 1.29 is 19.1 Å². The highest BCUT2D eigenvalue weighted by Crippen LogP contribution is 2.12. The van der Waals surface area contributed by atoms with Crippen LogP contribution in [0.3, 0.4) is 0 Å². The molecule has 2 rings (SSSR count). The van der Waals surface area contributed by atoms with Crippen molar-refractivity contribution in [1.29, 1.82) is 0 Å². The molecule has 18 heavy (non-hydrogen) atoms. The third-order valence-electron chi connectivity index (χ3n) is 2.28. The van der Waals surface area contributed by atoms with Gasteiger partial charge in [-0.15, -0.1) is 0 Å². The summed E-state index contributed by atoms with van der Waals surface area (Å²) in [6.07, 6.45) is 0. The number of nitrogens with one attached hydrogen (secondary N) is 1. The van der Waals surface area contributed by atoms with E-state index in [9.17, 15) is 9.59 Å². The molecule has 94 valence electrons. The molecule has 2 aromatic heterocycles. The van der Waals surface area contributed by atoms with Crippen LogP contribution in [-0.4, -0.2) is 26.8 Å². The predicted octanol–water partition coefficient (Wildman–Crippen LogP) is 1.27. The van der Waals surface area contributed by atoms with Gasteiger partial charge in [0, 0.05) is 13.1 Å². The fraction of sp³-hybridized carbons (Fsp3) is 0.182. The van der Waals surface area contributed by atoms with E-state index in [4.69, 9.17) is 9.52 Å². The average molecular weight is 249 g/mol. The summed E-state index contributed by atoms with van der Waals surface area (Å²) in [6, 6.07) is 4.23. The van der Waals surface area contributed by atoms with Crippen molar-refractivity contribution >= 4 is 17.7 Å². The van der Waals surface area contributed by atoms with Gasteiger partial charge in [0.25, 0.3) is 5.91 Å². The van der Waals surface area contributed by atoms with Gasteiger partial charge in [0.2, 0.25) is 5.76 Å². The summed E-state index contributed by atoms with van der Waals surface area (Å²) in [5.41, 5.74) is 0.762. The number of rotatable bonds is 3. The van der Waals surface area contributed by atoms with E-state index < -0.39 is 11.9 Å². The SMILES string of the molecule is Cc1cc(NC(=O)c2ccc(C(=O)O)o2)n(C)n1. The van der Waals surface area contributed by atoms with Crippen LogP contribution in [0.4, 0.5) is 5.82 Å². The van der Waals surface area contributed by atoms with Crippen LogP contribution in [0.5, 0.6) is 0 Å². The standard InChI is InChI=1S/C11H11N3O4/c1-6-5-9(14(2)13-6)12-10(15)7-3-4-8(18-7)11(16)17/h3-5H,1-2H3,(H,12,15)(H,16,17). The number of hydrogen-bond donors (Lipinski definition) is 2. The number of carbonyl (C=O) groups is 2. The topological polar surface area (TPSA) is 97.4 Å². The van der Waals surface area contributed by atoms with Crippen molar-refractivity contribution in [3.05, 3.63) is 35.4 Å². The molecular formula is C11H11N3O4. The highest BCUT2D eigenvalue weighted by molar-refractivity contribution is 6.02. The summed E-state index contributed by atoms with van der Waals surface area (Å²) in [5.74, 6) is -1.57. The molecular weight excluding hydrogens is 238 g/mol. The summed E-state index contributed by atoms with van der Waals surface area (Å²) in [7, 11) is 1.69. The molecule has 0 unspecified atom stereocenters. The Morgan fingerprint density at radius 3 is 2.56 bits per heavy atom. The Balaban J connectivity index is 2.16. The minimum absolute atomic E-state index is 0.0637. The van der Waals surface area contributed by atoms with Gasteiger partial charge < -0.3 is 14.8 Å². The second-order valence-electron chi connectivity index (χ2n) is 3.72. The van der Waals surface area contributed by atoms with Crippen LogP contribution in [0.1, 0.15) is 26.8 Å². The molecule has 0 bridgehead atoms. The van der Waals surface area contributed by atoms with Crippen molar-refractivity contribution in [2.45, 2.75) is 6.92 Å². The number of furan rings is 1. The molecule has 1 amide bonds. The first-order valence-corrected chi connectivity index (χ1v) is 5.12. The first-order chi connectivity index (χ1) is 8.47. The van der Waals surface area contributed by atoms with Gasteiger partial charge in [0.05, 0.1) is 5.69 Å². The molecule has 0 aliphatic carbocycles. The normalized spacial score (nSPS) is 10.3. The van der Waals surface area contributed by atoms with E-state index in [0.717, 1.165) is 5.69 Å². The highest BCUT2D eigenvalue weighted by atomic mass is 16.4. The lowest BCUT2D eigenvalue weighted by atomic mass is 10.4. The van der Waals surface area contributed by atoms with E-state index in [-0.39, 0.29) is 11.5 Å². The van der Waals surface area contributed by atoms with Gasteiger partial charge in [0.15, 0.2) is 5.76 Å². The molecule has 2 aromatic rings. The lowest BCUT2D eigenvalue weighted by Crippen LogP contribution is -2.13. The smallest absolute Gasteiger partial charge is 0.371 e. The molecule has 7 nitrogen and oxygen atoms in total.